The lowest BCUT2D eigenvalue weighted by molar-refractivity contribution is -0.142. The number of hydrogen-bond acceptors (Lipinski definition) is 2. The van der Waals surface area contributed by atoms with Crippen molar-refractivity contribution in [3.05, 3.63) is 34.9 Å². The second-order valence-electron chi connectivity index (χ2n) is 4.47. The van der Waals surface area contributed by atoms with Crippen LogP contribution in [0, 0.1) is 5.92 Å². The molecule has 1 fully saturated rings. The maximum atomic E-state index is 11.6. The van der Waals surface area contributed by atoms with Crippen molar-refractivity contribution in [2.24, 2.45) is 5.92 Å². The minimum atomic E-state index is -1.04. The van der Waals surface area contributed by atoms with E-state index >= 15 is 0 Å². The summed E-state index contributed by atoms with van der Waals surface area (Å²) in [5.74, 6) is -1.21. The third-order valence-corrected chi connectivity index (χ3v) is 3.31. The third-order valence-electron chi connectivity index (χ3n) is 2.94. The van der Waals surface area contributed by atoms with E-state index in [1.807, 2.05) is 0 Å². The second-order valence-corrected chi connectivity index (χ2v) is 4.88. The molecule has 1 saturated carbocycles. The first-order valence-corrected chi connectivity index (χ1v) is 6.22. The summed E-state index contributed by atoms with van der Waals surface area (Å²) in [7, 11) is 0. The quantitative estimate of drug-likeness (QED) is 0.856. The fourth-order valence-electron chi connectivity index (χ4n) is 1.72. The summed E-state index contributed by atoms with van der Waals surface area (Å²) < 4.78 is 0. The Morgan fingerprint density at radius 2 is 2.06 bits per heavy atom. The molecule has 2 rings (SSSR count). The number of carbonyl (C=O) groups is 2. The molecule has 1 amide bonds. The van der Waals surface area contributed by atoms with E-state index in [0.717, 1.165) is 18.4 Å². The summed E-state index contributed by atoms with van der Waals surface area (Å²) in [5.41, 5.74) is 0.725. The van der Waals surface area contributed by atoms with Gasteiger partial charge in [0.15, 0.2) is 0 Å². The normalized spacial score (nSPS) is 16.1. The van der Waals surface area contributed by atoms with Crippen LogP contribution in [0.3, 0.4) is 0 Å². The predicted molar refractivity (Wildman–Crippen MR) is 67.4 cm³/mol. The molecule has 0 heterocycles. The molecule has 96 valence electrons. The molecule has 0 unspecified atom stereocenters. The van der Waals surface area contributed by atoms with Gasteiger partial charge in [-0.05, 0) is 24.5 Å². The minimum Gasteiger partial charge on any atom is -0.480 e. The maximum absolute atomic E-state index is 11.6. The minimum absolute atomic E-state index is 0.00176. The van der Waals surface area contributed by atoms with Gasteiger partial charge in [-0.15, -0.1) is 0 Å². The van der Waals surface area contributed by atoms with Crippen LogP contribution in [0.15, 0.2) is 24.3 Å². The molecular weight excluding hydrogens is 254 g/mol. The van der Waals surface area contributed by atoms with Crippen LogP contribution in [0.2, 0.25) is 5.02 Å². The van der Waals surface area contributed by atoms with Crippen molar-refractivity contribution in [3.8, 4) is 0 Å². The molecule has 1 aromatic rings. The van der Waals surface area contributed by atoms with Gasteiger partial charge < -0.3 is 10.4 Å². The standard InChI is InChI=1S/C13H14ClNO3/c14-10-4-2-1-3-9(10)7-11(13(17)18)15-12(16)8-5-6-8/h1-4,8,11H,5-7H2,(H,15,16)(H,17,18)/t11-/m1/s1. The molecule has 0 bridgehead atoms. The molecule has 4 nitrogen and oxygen atoms in total. The second kappa shape index (κ2) is 5.40. The van der Waals surface area contributed by atoms with Gasteiger partial charge in [0.25, 0.3) is 0 Å². The van der Waals surface area contributed by atoms with Crippen LogP contribution in [0.1, 0.15) is 18.4 Å². The van der Waals surface area contributed by atoms with Gasteiger partial charge in [0.1, 0.15) is 6.04 Å². The molecule has 1 aromatic carbocycles. The first-order valence-electron chi connectivity index (χ1n) is 5.84. The van der Waals surface area contributed by atoms with Gasteiger partial charge in [0.05, 0.1) is 0 Å². The molecule has 0 aliphatic heterocycles. The molecular formula is C13H14ClNO3. The number of nitrogens with one attached hydrogen (secondary N) is 1. The van der Waals surface area contributed by atoms with E-state index in [9.17, 15) is 9.59 Å². The zero-order valence-corrected chi connectivity index (χ0v) is 10.5. The zero-order chi connectivity index (χ0) is 13.1. The highest BCUT2D eigenvalue weighted by atomic mass is 35.5. The Bertz CT molecular complexity index is 471. The van der Waals surface area contributed by atoms with Gasteiger partial charge in [-0.1, -0.05) is 29.8 Å². The van der Waals surface area contributed by atoms with Crippen molar-refractivity contribution in [2.75, 3.05) is 0 Å². The molecule has 1 aliphatic rings. The number of rotatable bonds is 5. The lowest BCUT2D eigenvalue weighted by atomic mass is 10.1. The number of carbonyl (C=O) groups excluding carboxylic acids is 1. The van der Waals surface area contributed by atoms with Crippen molar-refractivity contribution in [1.82, 2.24) is 5.32 Å². The van der Waals surface area contributed by atoms with Gasteiger partial charge in [-0.2, -0.15) is 0 Å². The van der Waals surface area contributed by atoms with Crippen LogP contribution in [-0.2, 0) is 16.0 Å². The summed E-state index contributed by atoms with van der Waals surface area (Å²) in [6.07, 6.45) is 1.90. The predicted octanol–water partition coefficient (Wildman–Crippen LogP) is 1.86. The van der Waals surface area contributed by atoms with Crippen molar-refractivity contribution in [1.29, 1.82) is 0 Å². The van der Waals surface area contributed by atoms with Crippen LogP contribution in [0.4, 0.5) is 0 Å². The van der Waals surface area contributed by atoms with E-state index in [2.05, 4.69) is 5.32 Å². The number of benzene rings is 1. The van der Waals surface area contributed by atoms with Crippen molar-refractivity contribution in [3.63, 3.8) is 0 Å². The third kappa shape index (κ3) is 3.23. The van der Waals surface area contributed by atoms with Crippen LogP contribution in [0.5, 0.6) is 0 Å². The van der Waals surface area contributed by atoms with Crippen LogP contribution < -0.4 is 5.32 Å². The van der Waals surface area contributed by atoms with Crippen molar-refractivity contribution >= 4 is 23.5 Å². The van der Waals surface area contributed by atoms with Crippen molar-refractivity contribution in [2.45, 2.75) is 25.3 Å². The monoisotopic (exact) mass is 267 g/mol. The van der Waals surface area contributed by atoms with Crippen LogP contribution >= 0.6 is 11.6 Å². The Labute approximate surface area is 110 Å². The number of aliphatic carboxylic acids is 1. The smallest absolute Gasteiger partial charge is 0.326 e. The summed E-state index contributed by atoms with van der Waals surface area (Å²) in [6.45, 7) is 0. The topological polar surface area (TPSA) is 66.4 Å². The molecule has 1 aliphatic carbocycles. The van der Waals surface area contributed by atoms with E-state index in [4.69, 9.17) is 16.7 Å². The lowest BCUT2D eigenvalue weighted by Gasteiger charge is -2.15. The fraction of sp³-hybridized carbons (Fsp3) is 0.385. The highest BCUT2D eigenvalue weighted by Crippen LogP contribution is 2.29. The highest BCUT2D eigenvalue weighted by Gasteiger charge is 2.32. The molecule has 0 aromatic heterocycles. The Morgan fingerprint density at radius 1 is 1.39 bits per heavy atom. The summed E-state index contributed by atoms with van der Waals surface area (Å²) >= 11 is 5.98. The Hall–Kier alpha value is -1.55. The summed E-state index contributed by atoms with van der Waals surface area (Å²) in [6, 6.07) is 6.13. The Balaban J connectivity index is 2.04. The summed E-state index contributed by atoms with van der Waals surface area (Å²) in [5, 5.41) is 12.2. The Morgan fingerprint density at radius 3 is 2.61 bits per heavy atom. The van der Waals surface area contributed by atoms with Gasteiger partial charge in [-0.25, -0.2) is 4.79 Å². The van der Waals surface area contributed by atoms with Gasteiger partial charge in [-0.3, -0.25) is 4.79 Å². The SMILES string of the molecule is O=C(N[C@H](Cc1ccccc1Cl)C(=O)O)C1CC1. The molecule has 1 atom stereocenters. The van der Waals surface area contributed by atoms with Crippen LogP contribution in [0.25, 0.3) is 0 Å². The molecule has 18 heavy (non-hydrogen) atoms. The molecule has 5 heteroatoms. The average Bonchev–Trinajstić information content (AvgIpc) is 3.14. The zero-order valence-electron chi connectivity index (χ0n) is 9.73. The number of carboxylic acids is 1. The van der Waals surface area contributed by atoms with E-state index in [0.29, 0.717) is 5.02 Å². The molecule has 0 spiro atoms. The average molecular weight is 268 g/mol. The van der Waals surface area contributed by atoms with Crippen molar-refractivity contribution < 1.29 is 14.7 Å². The first kappa shape index (κ1) is 12.9. The number of halogens is 1. The number of hydrogen-bond donors (Lipinski definition) is 2. The van der Waals surface area contributed by atoms with E-state index in [1.54, 1.807) is 24.3 Å². The molecule has 0 saturated heterocycles. The number of carboxylic acid groups (broad SMARTS) is 1. The molecule has 0 radical (unpaired) electrons. The van der Waals surface area contributed by atoms with Gasteiger partial charge in [0, 0.05) is 17.4 Å². The maximum Gasteiger partial charge on any atom is 0.326 e. The number of amides is 1. The largest absolute Gasteiger partial charge is 0.480 e. The fourth-order valence-corrected chi connectivity index (χ4v) is 1.93. The first-order chi connectivity index (χ1) is 8.58. The van der Waals surface area contributed by atoms with Gasteiger partial charge in [0.2, 0.25) is 5.91 Å². The van der Waals surface area contributed by atoms with E-state index < -0.39 is 12.0 Å². The lowest BCUT2D eigenvalue weighted by Crippen LogP contribution is -2.43. The molecule has 2 N–H and O–H groups in total. The highest BCUT2D eigenvalue weighted by molar-refractivity contribution is 6.31. The van der Waals surface area contributed by atoms with Gasteiger partial charge >= 0.3 is 5.97 Å². The van der Waals surface area contributed by atoms with E-state index in [-0.39, 0.29) is 18.2 Å². The van der Waals surface area contributed by atoms with E-state index in [1.165, 1.54) is 0 Å². The van der Waals surface area contributed by atoms with Crippen LogP contribution in [-0.4, -0.2) is 23.0 Å². The Kier molecular flexibility index (Phi) is 3.87. The summed E-state index contributed by atoms with van der Waals surface area (Å²) in [4.78, 5) is 22.7.